The van der Waals surface area contributed by atoms with E-state index in [1.165, 1.54) is 18.8 Å². The zero-order valence-corrected chi connectivity index (χ0v) is 10.5. The van der Waals surface area contributed by atoms with Crippen LogP contribution < -0.4 is 10.6 Å². The average Bonchev–Trinajstić information content (AvgIpc) is 2.86. The van der Waals surface area contributed by atoms with Crippen LogP contribution in [0.4, 0.5) is 5.82 Å². The molecule has 17 heavy (non-hydrogen) atoms. The lowest BCUT2D eigenvalue weighted by atomic mass is 10.2. The van der Waals surface area contributed by atoms with Gasteiger partial charge in [-0.3, -0.25) is 9.78 Å². The maximum atomic E-state index is 11.8. The van der Waals surface area contributed by atoms with Crippen LogP contribution in [0, 0.1) is 5.92 Å². The molecular formula is C10H12Cl2N4O. The quantitative estimate of drug-likeness (QED) is 0.852. The summed E-state index contributed by atoms with van der Waals surface area (Å²) in [5.74, 6) is 1.05. The fraction of sp³-hybridized carbons (Fsp3) is 0.500. The van der Waals surface area contributed by atoms with Gasteiger partial charge in [-0.25, -0.2) is 4.98 Å². The van der Waals surface area contributed by atoms with Crippen molar-refractivity contribution in [3.63, 3.8) is 0 Å². The summed E-state index contributed by atoms with van der Waals surface area (Å²) in [6.45, 7) is 0. The van der Waals surface area contributed by atoms with Crippen LogP contribution >= 0.6 is 24.0 Å². The summed E-state index contributed by atoms with van der Waals surface area (Å²) in [6.07, 6.45) is 5.05. The summed E-state index contributed by atoms with van der Waals surface area (Å²) < 4.78 is 0. The number of rotatable bonds is 2. The van der Waals surface area contributed by atoms with Crippen molar-refractivity contribution in [2.45, 2.75) is 24.9 Å². The lowest BCUT2D eigenvalue weighted by molar-refractivity contribution is -0.118. The topological polar surface area (TPSA) is 66.9 Å². The number of carbonyl (C=O) groups excluding carboxylic acids is 1. The molecule has 2 aliphatic rings. The normalized spacial score (nSPS) is 29.1. The van der Waals surface area contributed by atoms with Gasteiger partial charge in [0.15, 0.2) is 5.82 Å². The van der Waals surface area contributed by atoms with Gasteiger partial charge in [0.25, 0.3) is 0 Å². The van der Waals surface area contributed by atoms with Crippen LogP contribution in [0.5, 0.6) is 0 Å². The predicted molar refractivity (Wildman–Crippen MR) is 66.4 cm³/mol. The van der Waals surface area contributed by atoms with Crippen LogP contribution in [0.3, 0.4) is 0 Å². The van der Waals surface area contributed by atoms with Gasteiger partial charge >= 0.3 is 0 Å². The molecule has 2 heterocycles. The van der Waals surface area contributed by atoms with E-state index in [1.54, 1.807) is 0 Å². The number of carbonyl (C=O) groups is 1. The highest BCUT2D eigenvalue weighted by molar-refractivity contribution is 6.29. The fourth-order valence-corrected chi connectivity index (χ4v) is 2.29. The predicted octanol–water partition coefficient (Wildman–Crippen LogP) is 1.24. The van der Waals surface area contributed by atoms with E-state index in [2.05, 4.69) is 20.6 Å². The monoisotopic (exact) mass is 274 g/mol. The number of aromatic nitrogens is 2. The Labute approximate surface area is 110 Å². The first-order valence-electron chi connectivity index (χ1n) is 5.27. The van der Waals surface area contributed by atoms with E-state index in [0.717, 1.165) is 6.42 Å². The Morgan fingerprint density at radius 2 is 2.29 bits per heavy atom. The Kier molecular flexibility index (Phi) is 3.51. The van der Waals surface area contributed by atoms with Crippen molar-refractivity contribution < 1.29 is 4.79 Å². The standard InChI is InChI=1S/C10H11ClN4O.ClH/c11-8-3-12-4-9(14-8)15-10(16)7-2-5-1-6(5)13-7;/h3-7,13H,1-2H2,(H,14,15,16);1H/t5-,6-,7+;/m1./s1. The molecule has 2 N–H and O–H groups in total. The van der Waals surface area contributed by atoms with Gasteiger partial charge < -0.3 is 10.6 Å². The minimum atomic E-state index is -0.0930. The zero-order chi connectivity index (χ0) is 11.1. The molecule has 1 saturated heterocycles. The van der Waals surface area contributed by atoms with Crippen molar-refractivity contribution in [2.24, 2.45) is 5.92 Å². The first kappa shape index (κ1) is 12.5. The van der Waals surface area contributed by atoms with Crippen LogP contribution in [0.1, 0.15) is 12.8 Å². The Bertz CT molecular complexity index is 432. The number of piperidine rings is 1. The van der Waals surface area contributed by atoms with Crippen molar-refractivity contribution in [1.82, 2.24) is 15.3 Å². The second kappa shape index (κ2) is 4.76. The Morgan fingerprint density at radius 1 is 1.47 bits per heavy atom. The van der Waals surface area contributed by atoms with Crippen LogP contribution in [-0.2, 0) is 4.79 Å². The molecular weight excluding hydrogens is 263 g/mol. The van der Waals surface area contributed by atoms with Gasteiger partial charge in [0.2, 0.25) is 5.91 Å². The van der Waals surface area contributed by atoms with Crippen molar-refractivity contribution >= 4 is 35.7 Å². The SMILES string of the molecule is Cl.O=C(Nc1cncc(Cl)n1)[C@@H]1C[C@H]2C[C@H]2N1. The van der Waals surface area contributed by atoms with Gasteiger partial charge in [-0.2, -0.15) is 0 Å². The number of hydrogen-bond donors (Lipinski definition) is 2. The molecule has 3 rings (SSSR count). The maximum absolute atomic E-state index is 11.8. The molecule has 1 aromatic heterocycles. The summed E-state index contributed by atoms with van der Waals surface area (Å²) in [5.41, 5.74) is 0. The molecule has 1 amide bonds. The number of halogens is 2. The number of nitrogens with zero attached hydrogens (tertiary/aromatic N) is 2. The first-order chi connectivity index (χ1) is 7.72. The Hall–Kier alpha value is -0.910. The van der Waals surface area contributed by atoms with Crippen molar-refractivity contribution in [3.8, 4) is 0 Å². The molecule has 0 aromatic carbocycles. The minimum Gasteiger partial charge on any atom is -0.308 e. The third kappa shape index (κ3) is 2.68. The molecule has 0 unspecified atom stereocenters. The lowest BCUT2D eigenvalue weighted by Crippen LogP contribution is -2.38. The zero-order valence-electron chi connectivity index (χ0n) is 8.89. The summed E-state index contributed by atoms with van der Waals surface area (Å²) >= 11 is 5.68. The number of hydrogen-bond acceptors (Lipinski definition) is 4. The van der Waals surface area contributed by atoms with E-state index < -0.39 is 0 Å². The van der Waals surface area contributed by atoms with Crippen LogP contribution in [0.2, 0.25) is 5.15 Å². The second-order valence-electron chi connectivity index (χ2n) is 4.27. The largest absolute Gasteiger partial charge is 0.308 e. The first-order valence-corrected chi connectivity index (χ1v) is 5.64. The molecule has 5 nitrogen and oxygen atoms in total. The van der Waals surface area contributed by atoms with Gasteiger partial charge in [-0.05, 0) is 18.8 Å². The number of amides is 1. The minimum absolute atomic E-state index is 0. The third-order valence-corrected chi connectivity index (χ3v) is 3.23. The molecule has 1 aliphatic heterocycles. The van der Waals surface area contributed by atoms with Crippen LogP contribution in [-0.4, -0.2) is 28.0 Å². The fourth-order valence-electron chi connectivity index (χ4n) is 2.14. The van der Waals surface area contributed by atoms with Gasteiger partial charge in [0, 0.05) is 6.04 Å². The number of anilines is 1. The van der Waals surface area contributed by atoms with E-state index in [4.69, 9.17) is 11.6 Å². The molecule has 2 fully saturated rings. The molecule has 92 valence electrons. The van der Waals surface area contributed by atoms with E-state index in [9.17, 15) is 4.79 Å². The smallest absolute Gasteiger partial charge is 0.242 e. The summed E-state index contributed by atoms with van der Waals surface area (Å²) in [5, 5.41) is 6.25. The molecule has 1 saturated carbocycles. The van der Waals surface area contributed by atoms with Gasteiger partial charge in [-0.1, -0.05) is 11.6 Å². The second-order valence-corrected chi connectivity index (χ2v) is 4.66. The van der Waals surface area contributed by atoms with E-state index in [0.29, 0.717) is 17.8 Å². The highest BCUT2D eigenvalue weighted by Crippen LogP contribution is 2.40. The van der Waals surface area contributed by atoms with Crippen molar-refractivity contribution in [1.29, 1.82) is 0 Å². The molecule has 3 atom stereocenters. The summed E-state index contributed by atoms with van der Waals surface area (Å²) in [7, 11) is 0. The van der Waals surface area contributed by atoms with E-state index >= 15 is 0 Å². The van der Waals surface area contributed by atoms with Crippen molar-refractivity contribution in [3.05, 3.63) is 17.5 Å². The van der Waals surface area contributed by atoms with Crippen LogP contribution in [0.25, 0.3) is 0 Å². The molecule has 1 aliphatic carbocycles. The highest BCUT2D eigenvalue weighted by atomic mass is 35.5. The molecule has 1 aromatic rings. The Balaban J connectivity index is 0.00000108. The van der Waals surface area contributed by atoms with Gasteiger partial charge in [0.1, 0.15) is 5.15 Å². The van der Waals surface area contributed by atoms with E-state index in [1.807, 2.05) is 0 Å². The summed E-state index contributed by atoms with van der Waals surface area (Å²) in [4.78, 5) is 19.6. The van der Waals surface area contributed by atoms with Crippen molar-refractivity contribution in [2.75, 3.05) is 5.32 Å². The Morgan fingerprint density at radius 3 is 2.94 bits per heavy atom. The number of nitrogens with one attached hydrogen (secondary N) is 2. The van der Waals surface area contributed by atoms with Crippen LogP contribution in [0.15, 0.2) is 12.4 Å². The molecule has 0 spiro atoms. The molecule has 0 radical (unpaired) electrons. The van der Waals surface area contributed by atoms with E-state index in [-0.39, 0.29) is 29.5 Å². The number of fused-ring (bicyclic) bond motifs is 1. The molecule has 7 heteroatoms. The third-order valence-electron chi connectivity index (χ3n) is 3.05. The van der Waals surface area contributed by atoms with Gasteiger partial charge in [-0.15, -0.1) is 12.4 Å². The average molecular weight is 275 g/mol. The summed E-state index contributed by atoms with van der Waals surface area (Å²) in [6, 6.07) is 0.464. The maximum Gasteiger partial charge on any atom is 0.242 e. The highest BCUT2D eigenvalue weighted by Gasteiger charge is 2.47. The van der Waals surface area contributed by atoms with Gasteiger partial charge in [0.05, 0.1) is 18.4 Å². The lowest BCUT2D eigenvalue weighted by Gasteiger charge is -2.12. The molecule has 0 bridgehead atoms.